The third-order valence-electron chi connectivity index (χ3n) is 3.43. The van der Waals surface area contributed by atoms with Crippen molar-refractivity contribution in [1.29, 1.82) is 0 Å². The van der Waals surface area contributed by atoms with Gasteiger partial charge in [-0.05, 0) is 39.0 Å². The number of benzene rings is 1. The number of carboxylic acid groups (broad SMARTS) is 1. The Morgan fingerprint density at radius 2 is 2.08 bits per heavy atom. The highest BCUT2D eigenvalue weighted by atomic mass is 35.5. The molecule has 7 nitrogen and oxygen atoms in total. The number of halogens is 2. The van der Waals surface area contributed by atoms with Crippen molar-refractivity contribution in [3.05, 3.63) is 40.4 Å². The van der Waals surface area contributed by atoms with E-state index in [2.05, 4.69) is 10.3 Å². The first-order chi connectivity index (χ1) is 11.2. The van der Waals surface area contributed by atoms with Gasteiger partial charge >= 0.3 is 5.97 Å². The van der Waals surface area contributed by atoms with Gasteiger partial charge in [-0.15, -0.1) is 5.10 Å². The van der Waals surface area contributed by atoms with Crippen LogP contribution in [0.15, 0.2) is 18.2 Å². The smallest absolute Gasteiger partial charge is 0.323 e. The number of aliphatic carboxylic acids is 1. The summed E-state index contributed by atoms with van der Waals surface area (Å²) in [7, 11) is 0. The topological polar surface area (TPSA) is 88.3 Å². The highest BCUT2D eigenvalue weighted by Crippen LogP contribution is 2.20. The first-order valence-electron chi connectivity index (χ1n) is 7.12. The average Bonchev–Trinajstić information content (AvgIpc) is 2.88. The minimum Gasteiger partial charge on any atom is -0.480 e. The van der Waals surface area contributed by atoms with Crippen LogP contribution in [0, 0.1) is 12.7 Å². The maximum absolute atomic E-state index is 13.3. The van der Waals surface area contributed by atoms with Gasteiger partial charge in [0.2, 0.25) is 0 Å². The monoisotopic (exact) mass is 354 g/mol. The number of carbonyl (C=O) groups is 2. The molecular weight excluding hydrogens is 339 g/mol. The lowest BCUT2D eigenvalue weighted by Gasteiger charge is -2.24. The van der Waals surface area contributed by atoms with Crippen molar-refractivity contribution >= 4 is 23.5 Å². The highest BCUT2D eigenvalue weighted by molar-refractivity contribution is 6.30. The normalized spacial score (nSPS) is 10.9. The molecule has 0 spiro atoms. The Hall–Kier alpha value is -2.48. The molecule has 1 aromatic heterocycles. The molecule has 2 rings (SSSR count). The second-order valence-electron chi connectivity index (χ2n) is 5.45. The van der Waals surface area contributed by atoms with Crippen LogP contribution >= 0.6 is 11.6 Å². The number of carboxylic acids is 1. The van der Waals surface area contributed by atoms with Crippen molar-refractivity contribution in [2.75, 3.05) is 6.54 Å². The molecule has 1 aromatic carbocycles. The first-order valence-corrected chi connectivity index (χ1v) is 7.50. The van der Waals surface area contributed by atoms with Crippen LogP contribution < -0.4 is 0 Å². The molecule has 9 heteroatoms. The Bertz CT molecular complexity index is 791. The second kappa shape index (κ2) is 6.96. The summed E-state index contributed by atoms with van der Waals surface area (Å²) in [5.74, 6) is -2.22. The van der Waals surface area contributed by atoms with Gasteiger partial charge in [0.15, 0.2) is 5.69 Å². The molecule has 0 atom stereocenters. The van der Waals surface area contributed by atoms with Crippen LogP contribution in [0.1, 0.15) is 30.0 Å². The summed E-state index contributed by atoms with van der Waals surface area (Å²) >= 11 is 5.76. The van der Waals surface area contributed by atoms with Crippen molar-refractivity contribution in [1.82, 2.24) is 19.9 Å². The molecule has 0 radical (unpaired) electrons. The van der Waals surface area contributed by atoms with Crippen molar-refractivity contribution in [2.24, 2.45) is 0 Å². The molecule has 1 N–H and O–H groups in total. The van der Waals surface area contributed by atoms with E-state index < -0.39 is 24.2 Å². The summed E-state index contributed by atoms with van der Waals surface area (Å²) in [6.45, 7) is 4.59. The fourth-order valence-corrected chi connectivity index (χ4v) is 2.33. The molecule has 0 unspecified atom stereocenters. The lowest BCUT2D eigenvalue weighted by molar-refractivity contribution is -0.138. The van der Waals surface area contributed by atoms with E-state index in [4.69, 9.17) is 16.7 Å². The summed E-state index contributed by atoms with van der Waals surface area (Å²) in [6.07, 6.45) is 0. The van der Waals surface area contributed by atoms with Crippen LogP contribution in [0.3, 0.4) is 0 Å². The van der Waals surface area contributed by atoms with E-state index in [9.17, 15) is 14.0 Å². The lowest BCUT2D eigenvalue weighted by atomic mass is 10.2. The van der Waals surface area contributed by atoms with Crippen molar-refractivity contribution in [3.8, 4) is 5.69 Å². The minimum absolute atomic E-state index is 0.0328. The summed E-state index contributed by atoms with van der Waals surface area (Å²) in [4.78, 5) is 24.7. The zero-order chi connectivity index (χ0) is 18.0. The minimum atomic E-state index is -1.12. The van der Waals surface area contributed by atoms with Crippen LogP contribution in [0.4, 0.5) is 4.39 Å². The number of hydrogen-bond donors (Lipinski definition) is 1. The van der Waals surface area contributed by atoms with Crippen LogP contribution in [-0.4, -0.2) is 49.5 Å². The lowest BCUT2D eigenvalue weighted by Crippen LogP contribution is -2.41. The van der Waals surface area contributed by atoms with Gasteiger partial charge in [0.25, 0.3) is 5.91 Å². The van der Waals surface area contributed by atoms with Gasteiger partial charge in [-0.3, -0.25) is 9.59 Å². The van der Waals surface area contributed by atoms with E-state index in [0.29, 0.717) is 11.4 Å². The number of carbonyl (C=O) groups excluding carboxylic acids is 1. The standard InChI is InChI=1S/C15H16ClFN4O3/c1-8(2)20(7-13(22)23)15(24)14-9(3)21(19-18-14)10-4-5-12(17)11(16)6-10/h4-6,8H,7H2,1-3H3,(H,22,23). The summed E-state index contributed by atoms with van der Waals surface area (Å²) in [5, 5.41) is 16.6. The third-order valence-corrected chi connectivity index (χ3v) is 3.72. The largest absolute Gasteiger partial charge is 0.480 e. The van der Waals surface area contributed by atoms with Crippen molar-refractivity contribution < 1.29 is 19.1 Å². The SMILES string of the molecule is Cc1c(C(=O)N(CC(=O)O)C(C)C)nnn1-c1ccc(F)c(Cl)c1. The summed E-state index contributed by atoms with van der Waals surface area (Å²) in [5.41, 5.74) is 0.879. The van der Waals surface area contributed by atoms with E-state index in [1.807, 2.05) is 0 Å². The quantitative estimate of drug-likeness (QED) is 0.890. The van der Waals surface area contributed by atoms with Gasteiger partial charge in [0, 0.05) is 6.04 Å². The van der Waals surface area contributed by atoms with Gasteiger partial charge in [-0.1, -0.05) is 16.8 Å². The molecule has 0 aliphatic heterocycles. The maximum atomic E-state index is 13.3. The molecule has 0 fully saturated rings. The van der Waals surface area contributed by atoms with Crippen LogP contribution in [0.5, 0.6) is 0 Å². The molecule has 24 heavy (non-hydrogen) atoms. The average molecular weight is 355 g/mol. The van der Waals surface area contributed by atoms with Crippen LogP contribution in [0.2, 0.25) is 5.02 Å². The molecule has 0 aliphatic rings. The van der Waals surface area contributed by atoms with E-state index >= 15 is 0 Å². The number of hydrogen-bond acceptors (Lipinski definition) is 4. The number of aromatic nitrogens is 3. The summed E-state index contributed by atoms with van der Waals surface area (Å²) < 4.78 is 14.6. The number of amides is 1. The van der Waals surface area contributed by atoms with E-state index in [-0.39, 0.29) is 16.8 Å². The van der Waals surface area contributed by atoms with Gasteiger partial charge in [0.05, 0.1) is 16.4 Å². The van der Waals surface area contributed by atoms with E-state index in [1.54, 1.807) is 20.8 Å². The summed E-state index contributed by atoms with van der Waals surface area (Å²) in [6, 6.07) is 3.68. The van der Waals surface area contributed by atoms with E-state index in [1.165, 1.54) is 27.8 Å². The van der Waals surface area contributed by atoms with Gasteiger partial charge in [-0.25, -0.2) is 9.07 Å². The maximum Gasteiger partial charge on any atom is 0.323 e. The van der Waals surface area contributed by atoms with Gasteiger partial charge in [-0.2, -0.15) is 0 Å². The molecule has 0 saturated carbocycles. The molecule has 128 valence electrons. The predicted molar refractivity (Wildman–Crippen MR) is 84.9 cm³/mol. The second-order valence-corrected chi connectivity index (χ2v) is 5.86. The van der Waals surface area contributed by atoms with Crippen LogP contribution in [-0.2, 0) is 4.79 Å². The Morgan fingerprint density at radius 3 is 2.62 bits per heavy atom. The molecule has 0 bridgehead atoms. The molecule has 0 aliphatic carbocycles. The Morgan fingerprint density at radius 1 is 1.42 bits per heavy atom. The molecular formula is C15H16ClFN4O3. The van der Waals surface area contributed by atoms with Crippen LogP contribution in [0.25, 0.3) is 5.69 Å². The van der Waals surface area contributed by atoms with Crippen molar-refractivity contribution in [2.45, 2.75) is 26.8 Å². The molecule has 2 aromatic rings. The Labute approximate surface area is 142 Å². The first kappa shape index (κ1) is 17.9. The zero-order valence-electron chi connectivity index (χ0n) is 13.3. The fourth-order valence-electron chi connectivity index (χ4n) is 2.16. The van der Waals surface area contributed by atoms with Gasteiger partial charge < -0.3 is 10.0 Å². The van der Waals surface area contributed by atoms with E-state index in [0.717, 1.165) is 0 Å². The Balaban J connectivity index is 2.39. The van der Waals surface area contributed by atoms with Crippen molar-refractivity contribution in [3.63, 3.8) is 0 Å². The van der Waals surface area contributed by atoms with Gasteiger partial charge in [0.1, 0.15) is 12.4 Å². The predicted octanol–water partition coefficient (Wildman–Crippen LogP) is 2.30. The zero-order valence-corrected chi connectivity index (χ0v) is 14.1. The highest BCUT2D eigenvalue weighted by Gasteiger charge is 2.26. The third kappa shape index (κ3) is 3.53. The fraction of sp³-hybridized carbons (Fsp3) is 0.333. The molecule has 1 heterocycles. The number of nitrogens with zero attached hydrogens (tertiary/aromatic N) is 4. The number of rotatable bonds is 5. The Kier molecular flexibility index (Phi) is 5.18. The molecule has 0 saturated heterocycles. The molecule has 1 amide bonds.